The van der Waals surface area contributed by atoms with E-state index in [0.717, 1.165) is 17.6 Å². The molecule has 0 spiro atoms. The summed E-state index contributed by atoms with van der Waals surface area (Å²) in [5.41, 5.74) is 7.12. The van der Waals surface area contributed by atoms with E-state index in [1.807, 2.05) is 13.0 Å². The minimum atomic E-state index is -0.413. The molecule has 0 amide bonds. The lowest BCUT2D eigenvalue weighted by atomic mass is 10.1. The molecular formula is C15H16FN5. The van der Waals surface area contributed by atoms with Gasteiger partial charge < -0.3 is 16.0 Å². The number of fused-ring (bicyclic) bond motifs is 1. The number of halogens is 1. The third-order valence-corrected chi connectivity index (χ3v) is 3.45. The number of aromatic amines is 1. The van der Waals surface area contributed by atoms with Gasteiger partial charge in [0.25, 0.3) is 0 Å². The Labute approximate surface area is 121 Å². The number of hydrogen-bond donors (Lipinski definition) is 3. The highest BCUT2D eigenvalue weighted by atomic mass is 19.1. The van der Waals surface area contributed by atoms with Crippen molar-refractivity contribution in [3.8, 4) is 0 Å². The molecule has 1 atom stereocenters. The summed E-state index contributed by atoms with van der Waals surface area (Å²) in [7, 11) is 0. The van der Waals surface area contributed by atoms with E-state index < -0.39 is 5.82 Å². The highest BCUT2D eigenvalue weighted by Gasteiger charge is 2.17. The molecule has 0 aliphatic heterocycles. The van der Waals surface area contributed by atoms with Crippen LogP contribution in [0.25, 0.3) is 10.9 Å². The van der Waals surface area contributed by atoms with Gasteiger partial charge >= 0.3 is 0 Å². The minimum Gasteiger partial charge on any atom is -0.398 e. The van der Waals surface area contributed by atoms with E-state index in [-0.39, 0.29) is 6.04 Å². The molecule has 2 heterocycles. The van der Waals surface area contributed by atoms with Crippen LogP contribution in [0.4, 0.5) is 15.8 Å². The average molecular weight is 285 g/mol. The Kier molecular flexibility index (Phi) is 3.43. The minimum absolute atomic E-state index is 0.122. The van der Waals surface area contributed by atoms with Crippen LogP contribution in [0.2, 0.25) is 0 Å². The molecule has 0 radical (unpaired) electrons. The molecule has 1 aromatic carbocycles. The van der Waals surface area contributed by atoms with Crippen LogP contribution in [0.5, 0.6) is 0 Å². The van der Waals surface area contributed by atoms with Gasteiger partial charge in [-0.15, -0.1) is 0 Å². The van der Waals surface area contributed by atoms with Crippen molar-refractivity contribution in [2.45, 2.75) is 19.4 Å². The lowest BCUT2D eigenvalue weighted by molar-refractivity contribution is 0.622. The SMILES string of the molecule is CCC(Nc1c(F)cc(N)c2cccnc12)c1ncc[nH]1. The number of imidazole rings is 1. The second-order valence-electron chi connectivity index (χ2n) is 4.80. The fraction of sp³-hybridized carbons (Fsp3) is 0.200. The number of nitrogens with two attached hydrogens (primary N) is 1. The van der Waals surface area contributed by atoms with Gasteiger partial charge in [0, 0.05) is 29.7 Å². The fourth-order valence-electron chi connectivity index (χ4n) is 2.38. The molecule has 108 valence electrons. The number of nitrogens with one attached hydrogen (secondary N) is 2. The molecular weight excluding hydrogens is 269 g/mol. The number of hydrogen-bond acceptors (Lipinski definition) is 4. The predicted molar refractivity (Wildman–Crippen MR) is 81.4 cm³/mol. The first-order valence-corrected chi connectivity index (χ1v) is 6.79. The van der Waals surface area contributed by atoms with E-state index >= 15 is 0 Å². The van der Waals surface area contributed by atoms with Crippen LogP contribution >= 0.6 is 0 Å². The number of nitrogens with zero attached hydrogens (tertiary/aromatic N) is 2. The Balaban J connectivity index is 2.08. The van der Waals surface area contributed by atoms with Crippen LogP contribution in [0.1, 0.15) is 25.2 Å². The molecule has 0 bridgehead atoms. The maximum Gasteiger partial charge on any atom is 0.150 e. The van der Waals surface area contributed by atoms with Crippen molar-refractivity contribution in [1.29, 1.82) is 0 Å². The topological polar surface area (TPSA) is 79.6 Å². The Morgan fingerprint density at radius 1 is 1.38 bits per heavy atom. The molecule has 0 saturated heterocycles. The largest absolute Gasteiger partial charge is 0.398 e. The van der Waals surface area contributed by atoms with E-state index in [1.165, 1.54) is 6.07 Å². The number of anilines is 2. The number of rotatable bonds is 4. The zero-order chi connectivity index (χ0) is 14.8. The number of aromatic nitrogens is 3. The molecule has 3 rings (SSSR count). The smallest absolute Gasteiger partial charge is 0.150 e. The molecule has 0 saturated carbocycles. The third kappa shape index (κ3) is 2.40. The summed E-state index contributed by atoms with van der Waals surface area (Å²) in [5.74, 6) is 0.349. The van der Waals surface area contributed by atoms with Crippen LogP contribution in [0, 0.1) is 5.82 Å². The Morgan fingerprint density at radius 3 is 2.95 bits per heavy atom. The number of nitrogen functional groups attached to an aromatic ring is 1. The highest BCUT2D eigenvalue weighted by Crippen LogP contribution is 2.32. The monoisotopic (exact) mass is 285 g/mol. The van der Waals surface area contributed by atoms with Crippen molar-refractivity contribution in [2.75, 3.05) is 11.1 Å². The van der Waals surface area contributed by atoms with Gasteiger partial charge in [-0.3, -0.25) is 4.98 Å². The summed E-state index contributed by atoms with van der Waals surface area (Å²) in [5, 5.41) is 3.91. The van der Waals surface area contributed by atoms with Crippen molar-refractivity contribution in [3.05, 3.63) is 48.4 Å². The summed E-state index contributed by atoms with van der Waals surface area (Å²) in [6, 6.07) is 4.81. The van der Waals surface area contributed by atoms with Gasteiger partial charge in [0.2, 0.25) is 0 Å². The molecule has 4 N–H and O–H groups in total. The summed E-state index contributed by atoms with van der Waals surface area (Å²) in [4.78, 5) is 11.5. The normalized spacial score (nSPS) is 12.5. The summed E-state index contributed by atoms with van der Waals surface area (Å²) >= 11 is 0. The van der Waals surface area contributed by atoms with Crippen molar-refractivity contribution >= 4 is 22.3 Å². The zero-order valence-electron chi connectivity index (χ0n) is 11.6. The lowest BCUT2D eigenvalue weighted by Crippen LogP contribution is -2.13. The average Bonchev–Trinajstić information content (AvgIpc) is 3.01. The lowest BCUT2D eigenvalue weighted by Gasteiger charge is -2.18. The molecule has 21 heavy (non-hydrogen) atoms. The zero-order valence-corrected chi connectivity index (χ0v) is 11.6. The van der Waals surface area contributed by atoms with Crippen molar-refractivity contribution in [1.82, 2.24) is 15.0 Å². The van der Waals surface area contributed by atoms with Gasteiger partial charge in [-0.25, -0.2) is 9.37 Å². The van der Waals surface area contributed by atoms with Crippen molar-refractivity contribution in [3.63, 3.8) is 0 Å². The van der Waals surface area contributed by atoms with Crippen LogP contribution in [-0.2, 0) is 0 Å². The van der Waals surface area contributed by atoms with Crippen molar-refractivity contribution in [2.24, 2.45) is 0 Å². The molecule has 3 aromatic rings. The summed E-state index contributed by atoms with van der Waals surface area (Å²) in [6.45, 7) is 2.00. The van der Waals surface area contributed by atoms with Crippen molar-refractivity contribution < 1.29 is 4.39 Å². The van der Waals surface area contributed by atoms with Gasteiger partial charge in [0.05, 0.1) is 17.2 Å². The van der Waals surface area contributed by atoms with Crippen LogP contribution < -0.4 is 11.1 Å². The number of benzene rings is 1. The first kappa shape index (κ1) is 13.4. The molecule has 1 unspecified atom stereocenters. The maximum absolute atomic E-state index is 14.3. The second-order valence-corrected chi connectivity index (χ2v) is 4.80. The van der Waals surface area contributed by atoms with Gasteiger partial charge in [0.1, 0.15) is 5.82 Å². The van der Waals surface area contributed by atoms with E-state index in [1.54, 1.807) is 24.7 Å². The third-order valence-electron chi connectivity index (χ3n) is 3.45. The van der Waals surface area contributed by atoms with E-state index in [0.29, 0.717) is 16.9 Å². The standard InChI is InChI=1S/C15H16FN5/c1-2-12(15-19-6-7-20-15)21-14-10(16)8-11(17)9-4-3-5-18-13(9)14/h3-8,12,21H,2,17H2,1H3,(H,19,20). The van der Waals surface area contributed by atoms with Crippen LogP contribution in [0.15, 0.2) is 36.8 Å². The van der Waals surface area contributed by atoms with E-state index in [4.69, 9.17) is 5.73 Å². The Hall–Kier alpha value is -2.63. The number of pyridine rings is 1. The second kappa shape index (κ2) is 5.40. The summed E-state index contributed by atoms with van der Waals surface area (Å²) < 4.78 is 14.3. The highest BCUT2D eigenvalue weighted by molar-refractivity contribution is 5.98. The Morgan fingerprint density at radius 2 is 2.24 bits per heavy atom. The predicted octanol–water partition coefficient (Wildman–Crippen LogP) is 3.24. The van der Waals surface area contributed by atoms with Gasteiger partial charge in [-0.2, -0.15) is 0 Å². The van der Waals surface area contributed by atoms with E-state index in [9.17, 15) is 4.39 Å². The quantitative estimate of drug-likeness (QED) is 0.643. The van der Waals surface area contributed by atoms with Gasteiger partial charge in [-0.1, -0.05) is 6.92 Å². The summed E-state index contributed by atoms with van der Waals surface area (Å²) in [6.07, 6.45) is 5.80. The fourth-order valence-corrected chi connectivity index (χ4v) is 2.38. The molecule has 5 nitrogen and oxygen atoms in total. The number of H-pyrrole nitrogens is 1. The molecule has 6 heteroatoms. The van der Waals surface area contributed by atoms with E-state index in [2.05, 4.69) is 20.3 Å². The first-order valence-electron chi connectivity index (χ1n) is 6.79. The molecule has 0 aliphatic rings. The first-order chi connectivity index (χ1) is 10.2. The molecule has 2 aromatic heterocycles. The van der Waals surface area contributed by atoms with Gasteiger partial charge in [-0.05, 0) is 24.6 Å². The maximum atomic E-state index is 14.3. The molecule has 0 aliphatic carbocycles. The van der Waals surface area contributed by atoms with Crippen LogP contribution in [0.3, 0.4) is 0 Å². The molecule has 0 fully saturated rings. The van der Waals surface area contributed by atoms with Crippen LogP contribution in [-0.4, -0.2) is 15.0 Å². The van der Waals surface area contributed by atoms with Gasteiger partial charge in [0.15, 0.2) is 5.82 Å². The Bertz CT molecular complexity index is 754.